The Morgan fingerprint density at radius 2 is 1.92 bits per heavy atom. The van der Waals surface area contributed by atoms with E-state index in [1.54, 1.807) is 7.05 Å². The largest absolute Gasteiger partial charge is 0.459 e. The normalized spacial score (nSPS) is 11.7. The van der Waals surface area contributed by atoms with Crippen LogP contribution >= 0.6 is 0 Å². The van der Waals surface area contributed by atoms with Gasteiger partial charge in [0.25, 0.3) is 0 Å². The van der Waals surface area contributed by atoms with Crippen LogP contribution in [0.4, 0.5) is 0 Å². The number of benzene rings is 2. The van der Waals surface area contributed by atoms with Crippen LogP contribution in [0.15, 0.2) is 64.0 Å². The molecule has 0 aliphatic carbocycles. The van der Waals surface area contributed by atoms with Crippen molar-refractivity contribution in [2.45, 2.75) is 19.7 Å². The number of aliphatic imine (C=N–C) groups is 1. The van der Waals surface area contributed by atoms with Gasteiger partial charge in [0.15, 0.2) is 5.96 Å². The summed E-state index contributed by atoms with van der Waals surface area (Å²) in [5.74, 6) is 1.68. The van der Waals surface area contributed by atoms with Gasteiger partial charge in [0.1, 0.15) is 11.3 Å². The third-order valence-corrected chi connectivity index (χ3v) is 4.07. The van der Waals surface area contributed by atoms with Crippen LogP contribution in [-0.2, 0) is 19.7 Å². The lowest BCUT2D eigenvalue weighted by Crippen LogP contribution is -2.37. The first kappa shape index (κ1) is 17.0. The maximum absolute atomic E-state index is 9.24. The van der Waals surface area contributed by atoms with Crippen molar-refractivity contribution < 1.29 is 9.52 Å². The fraction of sp³-hybridized carbons (Fsp3) is 0.250. The number of hydrogen-bond donors (Lipinski definition) is 2. The average Bonchev–Trinajstić information content (AvgIpc) is 3.04. The van der Waals surface area contributed by atoms with Gasteiger partial charge in [-0.05, 0) is 23.3 Å². The predicted molar refractivity (Wildman–Crippen MR) is 100 cm³/mol. The first-order valence-corrected chi connectivity index (χ1v) is 8.27. The molecule has 3 rings (SSSR count). The summed E-state index contributed by atoms with van der Waals surface area (Å²) in [6.45, 7) is 1.32. The molecule has 0 bridgehead atoms. The number of fused-ring (bicyclic) bond motifs is 1. The Kier molecular flexibility index (Phi) is 5.36. The Bertz CT molecular complexity index is 837. The van der Waals surface area contributed by atoms with Crippen LogP contribution in [-0.4, -0.2) is 30.1 Å². The summed E-state index contributed by atoms with van der Waals surface area (Å²) in [6, 6.07) is 17.9. The van der Waals surface area contributed by atoms with Gasteiger partial charge in [0.05, 0.1) is 13.2 Å². The second-order valence-electron chi connectivity index (χ2n) is 5.99. The van der Waals surface area contributed by atoms with E-state index in [1.807, 2.05) is 60.5 Å². The quantitative estimate of drug-likeness (QED) is 0.555. The van der Waals surface area contributed by atoms with Crippen LogP contribution in [0.3, 0.4) is 0 Å². The van der Waals surface area contributed by atoms with Crippen LogP contribution in [0.5, 0.6) is 0 Å². The number of hydrogen-bond acceptors (Lipinski definition) is 3. The number of nitrogens with one attached hydrogen (secondary N) is 1. The van der Waals surface area contributed by atoms with E-state index < -0.39 is 0 Å². The molecule has 5 heteroatoms. The summed E-state index contributed by atoms with van der Waals surface area (Å²) in [7, 11) is 3.74. The molecule has 0 unspecified atom stereocenters. The SMILES string of the molecule is CN=C(NCc1cccc(CO)c1)N(C)Cc1cc2ccccc2o1. The van der Waals surface area contributed by atoms with Gasteiger partial charge in [-0.15, -0.1) is 0 Å². The van der Waals surface area contributed by atoms with Crippen molar-refractivity contribution in [1.29, 1.82) is 0 Å². The Morgan fingerprint density at radius 1 is 1.12 bits per heavy atom. The van der Waals surface area contributed by atoms with Gasteiger partial charge in [-0.25, -0.2) is 0 Å². The highest BCUT2D eigenvalue weighted by Crippen LogP contribution is 2.19. The molecule has 1 heterocycles. The van der Waals surface area contributed by atoms with Crippen molar-refractivity contribution in [1.82, 2.24) is 10.2 Å². The first-order valence-electron chi connectivity index (χ1n) is 8.27. The number of nitrogens with zero attached hydrogens (tertiary/aromatic N) is 2. The number of furan rings is 1. The van der Waals surface area contributed by atoms with Crippen molar-refractivity contribution in [2.24, 2.45) is 4.99 Å². The van der Waals surface area contributed by atoms with Gasteiger partial charge in [0.2, 0.25) is 0 Å². The summed E-state index contributed by atoms with van der Waals surface area (Å²) >= 11 is 0. The van der Waals surface area contributed by atoms with Gasteiger partial charge < -0.3 is 19.7 Å². The summed E-state index contributed by atoms with van der Waals surface area (Å²) in [5.41, 5.74) is 2.91. The molecular formula is C20H23N3O2. The van der Waals surface area contributed by atoms with Crippen LogP contribution in [0, 0.1) is 0 Å². The van der Waals surface area contributed by atoms with Crippen LogP contribution in [0.1, 0.15) is 16.9 Å². The van der Waals surface area contributed by atoms with E-state index in [0.29, 0.717) is 13.1 Å². The van der Waals surface area contributed by atoms with Crippen molar-refractivity contribution >= 4 is 16.9 Å². The molecule has 0 spiro atoms. The monoisotopic (exact) mass is 337 g/mol. The average molecular weight is 337 g/mol. The summed E-state index contributed by atoms with van der Waals surface area (Å²) < 4.78 is 5.87. The number of aliphatic hydroxyl groups excluding tert-OH is 1. The highest BCUT2D eigenvalue weighted by Gasteiger charge is 2.10. The molecule has 25 heavy (non-hydrogen) atoms. The van der Waals surface area contributed by atoms with E-state index in [4.69, 9.17) is 4.42 Å². The van der Waals surface area contributed by atoms with Crippen molar-refractivity contribution in [2.75, 3.05) is 14.1 Å². The van der Waals surface area contributed by atoms with Gasteiger partial charge in [-0.3, -0.25) is 4.99 Å². The Balaban J connectivity index is 1.63. The zero-order chi connectivity index (χ0) is 17.6. The number of para-hydroxylation sites is 1. The van der Waals surface area contributed by atoms with Crippen molar-refractivity contribution in [3.05, 3.63) is 71.5 Å². The predicted octanol–water partition coefficient (Wildman–Crippen LogP) is 3.13. The zero-order valence-corrected chi connectivity index (χ0v) is 14.6. The lowest BCUT2D eigenvalue weighted by atomic mass is 10.1. The summed E-state index contributed by atoms with van der Waals surface area (Å²) in [5, 5.41) is 13.7. The fourth-order valence-electron chi connectivity index (χ4n) is 2.83. The van der Waals surface area contributed by atoms with E-state index in [0.717, 1.165) is 33.8 Å². The molecule has 0 saturated heterocycles. The van der Waals surface area contributed by atoms with Gasteiger partial charge in [-0.2, -0.15) is 0 Å². The minimum atomic E-state index is 0.0501. The first-order chi connectivity index (χ1) is 12.2. The molecule has 3 aromatic rings. The molecule has 0 amide bonds. The molecule has 0 radical (unpaired) electrons. The molecule has 2 N–H and O–H groups in total. The second-order valence-corrected chi connectivity index (χ2v) is 5.99. The standard InChI is InChI=1S/C20H23N3O2/c1-21-20(22-12-15-6-5-7-16(10-15)14-24)23(2)13-18-11-17-8-3-4-9-19(17)25-18/h3-11,24H,12-14H2,1-2H3,(H,21,22). The molecule has 130 valence electrons. The second kappa shape index (κ2) is 7.85. The highest BCUT2D eigenvalue weighted by atomic mass is 16.3. The van der Waals surface area contributed by atoms with Crippen LogP contribution in [0.2, 0.25) is 0 Å². The van der Waals surface area contributed by atoms with Crippen LogP contribution < -0.4 is 5.32 Å². The number of rotatable bonds is 5. The van der Waals surface area contributed by atoms with Gasteiger partial charge in [0, 0.05) is 26.0 Å². The Morgan fingerprint density at radius 3 is 2.68 bits per heavy atom. The van der Waals surface area contributed by atoms with Gasteiger partial charge in [-0.1, -0.05) is 42.5 Å². The lowest BCUT2D eigenvalue weighted by molar-refractivity contribution is 0.281. The van der Waals surface area contributed by atoms with Gasteiger partial charge >= 0.3 is 0 Å². The maximum atomic E-state index is 9.24. The van der Waals surface area contributed by atoms with Crippen molar-refractivity contribution in [3.8, 4) is 0 Å². The molecule has 0 aliphatic rings. The maximum Gasteiger partial charge on any atom is 0.194 e. The van der Waals surface area contributed by atoms with Crippen LogP contribution in [0.25, 0.3) is 11.0 Å². The molecule has 1 aromatic heterocycles. The Hall–Kier alpha value is -2.79. The molecular weight excluding hydrogens is 314 g/mol. The highest BCUT2D eigenvalue weighted by molar-refractivity contribution is 5.80. The summed E-state index contributed by atoms with van der Waals surface area (Å²) in [6.07, 6.45) is 0. The lowest BCUT2D eigenvalue weighted by Gasteiger charge is -2.21. The fourth-order valence-corrected chi connectivity index (χ4v) is 2.83. The van der Waals surface area contributed by atoms with E-state index >= 15 is 0 Å². The zero-order valence-electron chi connectivity index (χ0n) is 14.6. The van der Waals surface area contributed by atoms with E-state index in [1.165, 1.54) is 0 Å². The summed E-state index contributed by atoms with van der Waals surface area (Å²) in [4.78, 5) is 6.36. The minimum absolute atomic E-state index is 0.0501. The molecule has 0 aliphatic heterocycles. The molecule has 5 nitrogen and oxygen atoms in total. The topological polar surface area (TPSA) is 61.0 Å². The Labute approximate surface area is 147 Å². The molecule has 0 saturated carbocycles. The van der Waals surface area contributed by atoms with E-state index in [-0.39, 0.29) is 6.61 Å². The minimum Gasteiger partial charge on any atom is -0.459 e. The molecule has 0 atom stereocenters. The van der Waals surface area contributed by atoms with E-state index in [9.17, 15) is 5.11 Å². The third-order valence-electron chi connectivity index (χ3n) is 4.07. The molecule has 2 aromatic carbocycles. The number of aliphatic hydroxyl groups is 1. The molecule has 0 fully saturated rings. The van der Waals surface area contributed by atoms with Crippen molar-refractivity contribution in [3.63, 3.8) is 0 Å². The third kappa shape index (κ3) is 4.19. The number of guanidine groups is 1. The van der Waals surface area contributed by atoms with E-state index in [2.05, 4.69) is 16.4 Å². The smallest absolute Gasteiger partial charge is 0.194 e.